The third kappa shape index (κ3) is 4.17. The van der Waals surface area contributed by atoms with Crippen molar-refractivity contribution in [2.75, 3.05) is 0 Å². The number of alkyl carbamates (subject to hydrolysis) is 1. The second kappa shape index (κ2) is 6.58. The number of amides is 1. The minimum Gasteiger partial charge on any atom is -0.434 e. The molecule has 1 N–H and O–H groups in total. The molecule has 0 fully saturated rings. The number of ether oxygens (including phenoxy) is 1. The summed E-state index contributed by atoms with van der Waals surface area (Å²) < 4.78 is 12.8. The van der Waals surface area contributed by atoms with Gasteiger partial charge >= 0.3 is 6.09 Å². The number of nitrogens with one attached hydrogen (secondary N) is 1. The van der Waals surface area contributed by atoms with Gasteiger partial charge in [-0.25, -0.2) is 4.79 Å². The van der Waals surface area contributed by atoms with E-state index in [2.05, 4.69) is 15.5 Å². The van der Waals surface area contributed by atoms with Gasteiger partial charge in [0.1, 0.15) is 0 Å². The van der Waals surface area contributed by atoms with Crippen molar-refractivity contribution in [3.63, 3.8) is 0 Å². The van der Waals surface area contributed by atoms with Crippen molar-refractivity contribution in [1.82, 2.24) is 20.0 Å². The molecule has 7 nitrogen and oxygen atoms in total. The van der Waals surface area contributed by atoms with Crippen LogP contribution in [-0.4, -0.2) is 26.3 Å². The maximum Gasteiger partial charge on any atom is 0.408 e. The van der Waals surface area contributed by atoms with Gasteiger partial charge in [0.15, 0.2) is 11.9 Å². The van der Waals surface area contributed by atoms with Crippen molar-refractivity contribution in [2.24, 2.45) is 0 Å². The predicted octanol–water partition coefficient (Wildman–Crippen LogP) is 3.60. The first-order valence-corrected chi connectivity index (χ1v) is 8.15. The van der Waals surface area contributed by atoms with E-state index in [1.165, 1.54) is 0 Å². The smallest absolute Gasteiger partial charge is 0.408 e. The van der Waals surface area contributed by atoms with Gasteiger partial charge in [-0.1, -0.05) is 23.4 Å². The molecule has 1 atom stereocenters. The lowest BCUT2D eigenvalue weighted by molar-refractivity contribution is 0.0626. The van der Waals surface area contributed by atoms with Gasteiger partial charge in [0.25, 0.3) is 5.89 Å². The van der Waals surface area contributed by atoms with E-state index in [0.29, 0.717) is 12.4 Å². The summed E-state index contributed by atoms with van der Waals surface area (Å²) in [4.78, 5) is 16.4. The average molecular weight is 342 g/mol. The Morgan fingerprint density at radius 2 is 2.08 bits per heavy atom. The number of hydrogen-bond acceptors (Lipinski definition) is 5. The van der Waals surface area contributed by atoms with E-state index in [1.807, 2.05) is 61.9 Å². The summed E-state index contributed by atoms with van der Waals surface area (Å²) in [6.45, 7) is 7.77. The topological polar surface area (TPSA) is 82.2 Å². The highest BCUT2D eigenvalue weighted by molar-refractivity contribution is 5.79. The molecule has 1 aromatic carbocycles. The minimum atomic E-state index is -0.681. The van der Waals surface area contributed by atoms with Gasteiger partial charge in [0.2, 0.25) is 0 Å². The Morgan fingerprint density at radius 1 is 1.32 bits per heavy atom. The summed E-state index contributed by atoms with van der Waals surface area (Å²) in [5.74, 6) is 0.775. The van der Waals surface area contributed by atoms with Crippen LogP contribution in [0.3, 0.4) is 0 Å². The number of aryl methyl sites for hydroxylation is 1. The fraction of sp³-hybridized carbons (Fsp3) is 0.389. The molecule has 0 spiro atoms. The maximum atomic E-state index is 12.2. The molecule has 3 aromatic rings. The fourth-order valence-corrected chi connectivity index (χ4v) is 2.55. The minimum absolute atomic E-state index is 0.277. The summed E-state index contributed by atoms with van der Waals surface area (Å²) in [5, 5.41) is 7.70. The second-order valence-electron chi connectivity index (χ2n) is 6.98. The van der Waals surface area contributed by atoms with Crippen LogP contribution in [0.5, 0.6) is 0 Å². The Bertz CT molecular complexity index is 876. The normalized spacial score (nSPS) is 13.0. The van der Waals surface area contributed by atoms with Crippen LogP contribution in [0.1, 0.15) is 38.6 Å². The number of aromatic nitrogens is 3. The first-order chi connectivity index (χ1) is 11.8. The zero-order valence-corrected chi connectivity index (χ0v) is 14.8. The molecule has 0 radical (unpaired) electrons. The molecule has 0 bridgehead atoms. The molecule has 0 aliphatic rings. The molecule has 1 amide bonds. The second-order valence-corrected chi connectivity index (χ2v) is 6.98. The molecule has 7 heteroatoms. The molecule has 0 saturated carbocycles. The molecule has 2 heterocycles. The van der Waals surface area contributed by atoms with Gasteiger partial charge < -0.3 is 19.1 Å². The molecule has 132 valence electrons. The molecular weight excluding hydrogens is 320 g/mol. The molecular formula is C18H22N4O3. The highest BCUT2D eigenvalue weighted by Gasteiger charge is 2.26. The number of benzene rings is 1. The predicted molar refractivity (Wildman–Crippen MR) is 93.1 cm³/mol. The Kier molecular flexibility index (Phi) is 4.48. The highest BCUT2D eigenvalue weighted by atomic mass is 16.6. The number of fused-ring (bicyclic) bond motifs is 1. The van der Waals surface area contributed by atoms with Crippen molar-refractivity contribution in [2.45, 2.75) is 45.9 Å². The van der Waals surface area contributed by atoms with Crippen molar-refractivity contribution in [1.29, 1.82) is 0 Å². The van der Waals surface area contributed by atoms with Gasteiger partial charge in [-0.3, -0.25) is 0 Å². The summed E-state index contributed by atoms with van der Waals surface area (Å²) in [6.07, 6.45) is 0.746. The zero-order valence-electron chi connectivity index (χ0n) is 14.8. The molecule has 0 aliphatic carbocycles. The lowest BCUT2D eigenvalue weighted by Crippen LogP contribution is -2.41. The Labute approximate surface area is 146 Å². The Hall–Kier alpha value is -2.83. The molecule has 25 heavy (non-hydrogen) atoms. The van der Waals surface area contributed by atoms with Crippen LogP contribution in [0, 0.1) is 6.92 Å². The van der Waals surface area contributed by atoms with E-state index >= 15 is 0 Å². The van der Waals surface area contributed by atoms with Crippen LogP contribution in [0.25, 0.3) is 10.9 Å². The van der Waals surface area contributed by atoms with Crippen LogP contribution in [0.4, 0.5) is 4.79 Å². The lowest BCUT2D eigenvalue weighted by Gasteiger charge is -2.22. The number of nitrogens with zero attached hydrogens (tertiary/aromatic N) is 3. The summed E-state index contributed by atoms with van der Waals surface area (Å²) in [5.41, 5.74) is 0.649. The number of carbonyl (C=O) groups excluding carboxylic acids is 1. The van der Waals surface area contributed by atoms with Crippen LogP contribution < -0.4 is 5.32 Å². The third-order valence-electron chi connectivity index (χ3n) is 3.59. The summed E-state index contributed by atoms with van der Waals surface area (Å²) >= 11 is 0. The summed E-state index contributed by atoms with van der Waals surface area (Å²) in [6, 6.07) is 10.0. The number of carbonyl (C=O) groups is 1. The number of rotatable bonds is 4. The van der Waals surface area contributed by atoms with E-state index in [1.54, 1.807) is 6.92 Å². The van der Waals surface area contributed by atoms with Crippen LogP contribution in [0.15, 0.2) is 41.1 Å². The highest BCUT2D eigenvalue weighted by Crippen LogP contribution is 2.23. The molecule has 0 saturated heterocycles. The van der Waals surface area contributed by atoms with E-state index < -0.39 is 17.7 Å². The van der Waals surface area contributed by atoms with Crippen molar-refractivity contribution < 1.29 is 14.1 Å². The fourth-order valence-electron chi connectivity index (χ4n) is 2.55. The third-order valence-corrected chi connectivity index (χ3v) is 3.59. The lowest BCUT2D eigenvalue weighted by atomic mass is 10.1. The summed E-state index contributed by atoms with van der Waals surface area (Å²) in [7, 11) is 0. The van der Waals surface area contributed by atoms with Gasteiger partial charge in [-0.15, -0.1) is 0 Å². The van der Waals surface area contributed by atoms with Crippen LogP contribution in [-0.2, 0) is 11.3 Å². The molecule has 2 aromatic heterocycles. The first-order valence-electron chi connectivity index (χ1n) is 8.15. The SMILES string of the molecule is Cc1noc([C@H](Cn2ccc3ccccc32)OC(=O)NC(C)(C)C)n1. The average Bonchev–Trinajstić information content (AvgIpc) is 3.12. The van der Waals surface area contributed by atoms with Gasteiger partial charge in [-0.05, 0) is 45.2 Å². The largest absolute Gasteiger partial charge is 0.434 e. The van der Waals surface area contributed by atoms with Crippen LogP contribution >= 0.6 is 0 Å². The van der Waals surface area contributed by atoms with Crippen molar-refractivity contribution in [3.8, 4) is 0 Å². The quantitative estimate of drug-likeness (QED) is 0.783. The van der Waals surface area contributed by atoms with E-state index in [4.69, 9.17) is 9.26 Å². The van der Waals surface area contributed by atoms with Gasteiger partial charge in [0, 0.05) is 17.3 Å². The Morgan fingerprint density at radius 3 is 2.76 bits per heavy atom. The molecule has 0 unspecified atom stereocenters. The monoisotopic (exact) mass is 342 g/mol. The van der Waals surface area contributed by atoms with Crippen molar-refractivity contribution >= 4 is 17.0 Å². The van der Waals surface area contributed by atoms with E-state index in [0.717, 1.165) is 10.9 Å². The van der Waals surface area contributed by atoms with Crippen molar-refractivity contribution in [3.05, 3.63) is 48.2 Å². The van der Waals surface area contributed by atoms with E-state index in [9.17, 15) is 4.79 Å². The van der Waals surface area contributed by atoms with Gasteiger partial charge in [0.05, 0.1) is 6.54 Å². The maximum absolute atomic E-state index is 12.2. The molecule has 3 rings (SSSR count). The van der Waals surface area contributed by atoms with Gasteiger partial charge in [-0.2, -0.15) is 4.98 Å². The van der Waals surface area contributed by atoms with E-state index in [-0.39, 0.29) is 5.89 Å². The zero-order chi connectivity index (χ0) is 18.0. The molecule has 0 aliphatic heterocycles. The number of hydrogen-bond donors (Lipinski definition) is 1. The standard InChI is InChI=1S/C18H22N4O3/c1-12-19-16(25-21-12)15(24-17(23)20-18(2,3)4)11-22-10-9-13-7-5-6-8-14(13)22/h5-10,15H,11H2,1-4H3,(H,20,23)/t15-/m0/s1. The Balaban J connectivity index is 1.85. The first kappa shape index (κ1) is 17.0. The van der Waals surface area contributed by atoms with Crippen LogP contribution in [0.2, 0.25) is 0 Å². The number of para-hydroxylation sites is 1.